The van der Waals surface area contributed by atoms with Crippen LogP contribution >= 0.6 is 0 Å². The summed E-state index contributed by atoms with van der Waals surface area (Å²) in [5, 5.41) is 3.00. The fourth-order valence-electron chi connectivity index (χ4n) is 3.18. The Morgan fingerprint density at radius 3 is 2.61 bits per heavy atom. The van der Waals surface area contributed by atoms with Crippen LogP contribution in [0.15, 0.2) is 60.1 Å². The minimum absolute atomic E-state index is 0.0645. The van der Waals surface area contributed by atoms with E-state index in [4.69, 9.17) is 0 Å². The van der Waals surface area contributed by atoms with Gasteiger partial charge in [0.1, 0.15) is 12.1 Å². The molecule has 0 radical (unpaired) electrons. The van der Waals surface area contributed by atoms with E-state index in [1.807, 2.05) is 0 Å². The first-order valence-electron chi connectivity index (χ1n) is 8.66. The Hall–Kier alpha value is -2.98. The van der Waals surface area contributed by atoms with Crippen molar-refractivity contribution in [3.63, 3.8) is 0 Å². The topological polar surface area (TPSA) is 101 Å². The number of halogens is 1. The molecule has 8 nitrogen and oxygen atoms in total. The second kappa shape index (κ2) is 7.56. The Morgan fingerprint density at radius 2 is 1.86 bits per heavy atom. The van der Waals surface area contributed by atoms with Crippen LogP contribution in [0.3, 0.4) is 0 Å². The number of rotatable bonds is 5. The normalized spacial score (nSPS) is 17.5. The Labute approximate surface area is 161 Å². The van der Waals surface area contributed by atoms with E-state index in [1.165, 1.54) is 22.8 Å². The predicted octanol–water partition coefficient (Wildman–Crippen LogP) is 2.68. The molecule has 0 bridgehead atoms. The van der Waals surface area contributed by atoms with Crippen LogP contribution in [0.4, 0.5) is 16.0 Å². The second-order valence-electron chi connectivity index (χ2n) is 6.28. The van der Waals surface area contributed by atoms with Crippen molar-refractivity contribution in [3.05, 3.63) is 66.8 Å². The fourth-order valence-corrected chi connectivity index (χ4v) is 4.85. The monoisotopic (exact) mass is 400 g/mol. The molecule has 10 heteroatoms. The molecule has 4 rings (SSSR count). The smallest absolute Gasteiger partial charge is 0.243 e. The summed E-state index contributed by atoms with van der Waals surface area (Å²) >= 11 is 0. The highest BCUT2D eigenvalue weighted by molar-refractivity contribution is 7.89. The molecule has 1 saturated heterocycles. The van der Waals surface area contributed by atoms with E-state index in [9.17, 15) is 12.8 Å². The van der Waals surface area contributed by atoms with Gasteiger partial charge < -0.3 is 5.32 Å². The molecule has 1 aliphatic rings. The van der Waals surface area contributed by atoms with Gasteiger partial charge in [-0.1, -0.05) is 0 Å². The summed E-state index contributed by atoms with van der Waals surface area (Å²) in [6.07, 6.45) is 7.53. The van der Waals surface area contributed by atoms with Gasteiger partial charge in [0.25, 0.3) is 0 Å². The van der Waals surface area contributed by atoms with Crippen LogP contribution in [-0.4, -0.2) is 39.2 Å². The van der Waals surface area contributed by atoms with Crippen molar-refractivity contribution in [2.45, 2.75) is 23.8 Å². The van der Waals surface area contributed by atoms with E-state index in [2.05, 4.69) is 25.3 Å². The van der Waals surface area contributed by atoms with Crippen LogP contribution < -0.4 is 5.32 Å². The summed E-state index contributed by atoms with van der Waals surface area (Å²) < 4.78 is 40.7. The predicted molar refractivity (Wildman–Crippen MR) is 99.6 cm³/mol. The SMILES string of the molecule is O=S(=O)(c1ccc(F)cc1)N1CCCC1c1ccnc(Nc2cncnc2)n1. The summed E-state index contributed by atoms with van der Waals surface area (Å²) in [6, 6.07) is 6.14. The quantitative estimate of drug-likeness (QED) is 0.703. The third-order valence-corrected chi connectivity index (χ3v) is 6.38. The molecule has 1 atom stereocenters. The standard InChI is InChI=1S/C18H17FN6O2S/c19-13-3-5-15(6-4-13)28(26,27)25-9-1-2-17(25)16-7-8-22-18(24-16)23-14-10-20-12-21-11-14/h3-8,10-12,17H,1-2,9H2,(H,22,23,24). The van der Waals surface area contributed by atoms with Crippen LogP contribution in [-0.2, 0) is 10.0 Å². The molecule has 3 aromatic rings. The van der Waals surface area contributed by atoms with Crippen molar-refractivity contribution in [2.24, 2.45) is 0 Å². The van der Waals surface area contributed by atoms with E-state index in [0.29, 0.717) is 36.7 Å². The minimum Gasteiger partial charge on any atom is -0.322 e. The number of anilines is 2. The lowest BCUT2D eigenvalue weighted by Crippen LogP contribution is -2.31. The first-order chi connectivity index (χ1) is 13.5. The summed E-state index contributed by atoms with van der Waals surface area (Å²) in [5.74, 6) is -0.147. The van der Waals surface area contributed by atoms with Gasteiger partial charge in [0.05, 0.1) is 34.7 Å². The Morgan fingerprint density at radius 1 is 1.11 bits per heavy atom. The first kappa shape index (κ1) is 18.4. The van der Waals surface area contributed by atoms with Gasteiger partial charge in [0.15, 0.2) is 0 Å². The van der Waals surface area contributed by atoms with E-state index in [0.717, 1.165) is 12.1 Å². The van der Waals surface area contributed by atoms with Gasteiger partial charge in [-0.05, 0) is 43.2 Å². The Kier molecular flexibility index (Phi) is 4.97. The van der Waals surface area contributed by atoms with Gasteiger partial charge in [-0.15, -0.1) is 0 Å². The van der Waals surface area contributed by atoms with Crippen molar-refractivity contribution in [1.29, 1.82) is 0 Å². The first-order valence-corrected chi connectivity index (χ1v) is 10.1. The van der Waals surface area contributed by atoms with Crippen LogP contribution in [0.1, 0.15) is 24.6 Å². The van der Waals surface area contributed by atoms with Gasteiger partial charge in [-0.2, -0.15) is 4.31 Å². The van der Waals surface area contributed by atoms with E-state index < -0.39 is 21.9 Å². The van der Waals surface area contributed by atoms with Crippen molar-refractivity contribution in [2.75, 3.05) is 11.9 Å². The number of aromatic nitrogens is 4. The molecule has 0 amide bonds. The third-order valence-electron chi connectivity index (χ3n) is 4.46. The fraction of sp³-hybridized carbons (Fsp3) is 0.222. The lowest BCUT2D eigenvalue weighted by molar-refractivity contribution is 0.390. The highest BCUT2D eigenvalue weighted by atomic mass is 32.2. The number of hydrogen-bond donors (Lipinski definition) is 1. The van der Waals surface area contributed by atoms with Gasteiger partial charge >= 0.3 is 0 Å². The molecule has 1 aromatic carbocycles. The summed E-state index contributed by atoms with van der Waals surface area (Å²) in [5.41, 5.74) is 1.22. The van der Waals surface area contributed by atoms with Gasteiger partial charge in [-0.3, -0.25) is 0 Å². The molecule has 1 fully saturated rings. The highest BCUT2D eigenvalue weighted by Crippen LogP contribution is 2.36. The second-order valence-corrected chi connectivity index (χ2v) is 8.18. The molecule has 1 N–H and O–H groups in total. The molecule has 2 aromatic heterocycles. The largest absolute Gasteiger partial charge is 0.322 e. The molecule has 1 unspecified atom stereocenters. The van der Waals surface area contributed by atoms with E-state index in [-0.39, 0.29) is 4.90 Å². The molecule has 144 valence electrons. The lowest BCUT2D eigenvalue weighted by Gasteiger charge is -2.24. The Bertz CT molecular complexity index is 1060. The van der Waals surface area contributed by atoms with Crippen LogP contribution in [0, 0.1) is 5.82 Å². The lowest BCUT2D eigenvalue weighted by atomic mass is 10.1. The maximum Gasteiger partial charge on any atom is 0.243 e. The van der Waals surface area contributed by atoms with E-state index in [1.54, 1.807) is 24.7 Å². The van der Waals surface area contributed by atoms with Gasteiger partial charge in [0.2, 0.25) is 16.0 Å². The maximum absolute atomic E-state index is 13.2. The van der Waals surface area contributed by atoms with Crippen LogP contribution in [0.2, 0.25) is 0 Å². The molecule has 0 saturated carbocycles. The van der Waals surface area contributed by atoms with Crippen molar-refractivity contribution >= 4 is 21.7 Å². The molecule has 1 aliphatic heterocycles. The van der Waals surface area contributed by atoms with Gasteiger partial charge in [0, 0.05) is 12.7 Å². The number of benzene rings is 1. The van der Waals surface area contributed by atoms with E-state index >= 15 is 0 Å². The average molecular weight is 400 g/mol. The average Bonchev–Trinajstić information content (AvgIpc) is 3.20. The molecular weight excluding hydrogens is 383 g/mol. The number of nitrogens with one attached hydrogen (secondary N) is 1. The van der Waals surface area contributed by atoms with Crippen molar-refractivity contribution < 1.29 is 12.8 Å². The zero-order chi connectivity index (χ0) is 19.6. The molecule has 3 heterocycles. The summed E-state index contributed by atoms with van der Waals surface area (Å²) in [7, 11) is -3.76. The molecule has 28 heavy (non-hydrogen) atoms. The van der Waals surface area contributed by atoms with Crippen LogP contribution in [0.5, 0.6) is 0 Å². The number of nitrogens with zero attached hydrogens (tertiary/aromatic N) is 5. The van der Waals surface area contributed by atoms with Crippen LogP contribution in [0.25, 0.3) is 0 Å². The zero-order valence-electron chi connectivity index (χ0n) is 14.7. The molecule has 0 aliphatic carbocycles. The Balaban J connectivity index is 1.61. The number of hydrogen-bond acceptors (Lipinski definition) is 7. The summed E-state index contributed by atoms with van der Waals surface area (Å²) in [4.78, 5) is 16.6. The maximum atomic E-state index is 13.2. The third kappa shape index (κ3) is 3.69. The number of sulfonamides is 1. The zero-order valence-corrected chi connectivity index (χ0v) is 15.6. The van der Waals surface area contributed by atoms with Crippen molar-refractivity contribution in [3.8, 4) is 0 Å². The van der Waals surface area contributed by atoms with Crippen molar-refractivity contribution in [1.82, 2.24) is 24.2 Å². The molecule has 0 spiro atoms. The summed E-state index contributed by atoms with van der Waals surface area (Å²) in [6.45, 7) is 0.379. The highest BCUT2D eigenvalue weighted by Gasteiger charge is 2.37. The molecular formula is C18H17FN6O2S. The minimum atomic E-state index is -3.76. The van der Waals surface area contributed by atoms with Gasteiger partial charge in [-0.25, -0.2) is 32.7 Å².